The molecule has 4 aliphatic carbocycles. The minimum atomic E-state index is 0.467. The summed E-state index contributed by atoms with van der Waals surface area (Å²) in [4.78, 5) is 0. The van der Waals surface area contributed by atoms with Gasteiger partial charge in [0.05, 0.1) is 0 Å². The zero-order chi connectivity index (χ0) is 15.1. The molecule has 22 heavy (non-hydrogen) atoms. The van der Waals surface area contributed by atoms with Crippen LogP contribution in [0, 0.1) is 23.7 Å². The van der Waals surface area contributed by atoms with Gasteiger partial charge in [-0.25, -0.2) is 0 Å². The Bertz CT molecular complexity index is 496. The van der Waals surface area contributed by atoms with Crippen molar-refractivity contribution in [3.05, 3.63) is 24.3 Å². The highest BCUT2D eigenvalue weighted by Crippen LogP contribution is 2.39. The van der Waals surface area contributed by atoms with Crippen molar-refractivity contribution in [2.75, 3.05) is 0 Å². The molecule has 0 heterocycles. The lowest BCUT2D eigenvalue weighted by molar-refractivity contribution is 0.510. The van der Waals surface area contributed by atoms with E-state index in [0.29, 0.717) is 34.1 Å². The number of hydrogen-bond acceptors (Lipinski definition) is 2. The van der Waals surface area contributed by atoms with Crippen LogP contribution in [0.3, 0.4) is 0 Å². The molecule has 0 aliphatic heterocycles. The molecule has 0 aromatic rings. The van der Waals surface area contributed by atoms with Gasteiger partial charge in [0, 0.05) is 12.1 Å². The molecule has 0 unspecified atom stereocenters. The summed E-state index contributed by atoms with van der Waals surface area (Å²) in [6, 6.07) is 0.933. The van der Waals surface area contributed by atoms with Crippen LogP contribution in [-0.2, 0) is 0 Å². The molecule has 6 atom stereocenters. The van der Waals surface area contributed by atoms with E-state index >= 15 is 0 Å². The number of hydrazine groups is 1. The van der Waals surface area contributed by atoms with Gasteiger partial charge in [0.15, 0.2) is 10.2 Å². The van der Waals surface area contributed by atoms with Crippen molar-refractivity contribution in [3.63, 3.8) is 0 Å². The molecule has 0 spiro atoms. The molecule has 6 heteroatoms. The first-order valence-electron chi connectivity index (χ1n) is 8.17. The van der Waals surface area contributed by atoms with Gasteiger partial charge in [0.25, 0.3) is 0 Å². The van der Waals surface area contributed by atoms with E-state index < -0.39 is 0 Å². The quantitative estimate of drug-likeness (QED) is 0.351. The van der Waals surface area contributed by atoms with E-state index in [1.54, 1.807) is 0 Å². The molecular weight excluding hydrogens is 312 g/mol. The maximum absolute atomic E-state index is 5.35. The fourth-order valence-electron chi connectivity index (χ4n) is 4.42. The molecule has 2 saturated carbocycles. The maximum atomic E-state index is 5.35. The van der Waals surface area contributed by atoms with Gasteiger partial charge in [-0.05, 0) is 73.8 Å². The molecule has 4 N–H and O–H groups in total. The van der Waals surface area contributed by atoms with Crippen LogP contribution in [0.2, 0.25) is 0 Å². The van der Waals surface area contributed by atoms with E-state index in [0.717, 1.165) is 11.8 Å². The summed E-state index contributed by atoms with van der Waals surface area (Å²) < 4.78 is 0. The molecule has 4 nitrogen and oxygen atoms in total. The van der Waals surface area contributed by atoms with Crippen LogP contribution in [-0.4, -0.2) is 22.3 Å². The molecule has 0 aromatic heterocycles. The first kappa shape index (κ1) is 14.5. The largest absolute Gasteiger partial charge is 0.358 e. The van der Waals surface area contributed by atoms with Crippen molar-refractivity contribution in [1.82, 2.24) is 21.5 Å². The average Bonchev–Trinajstić information content (AvgIpc) is 3.25. The summed E-state index contributed by atoms with van der Waals surface area (Å²) in [5.74, 6) is 2.75. The zero-order valence-electron chi connectivity index (χ0n) is 12.4. The Labute approximate surface area is 142 Å². The Balaban J connectivity index is 1.18. The van der Waals surface area contributed by atoms with Gasteiger partial charge in [-0.3, -0.25) is 10.9 Å². The second kappa shape index (κ2) is 5.81. The summed E-state index contributed by atoms with van der Waals surface area (Å²) in [5.41, 5.74) is 6.02. The third-order valence-corrected chi connectivity index (χ3v) is 5.92. The fourth-order valence-corrected chi connectivity index (χ4v) is 4.82. The summed E-state index contributed by atoms with van der Waals surface area (Å²) in [7, 11) is 0. The van der Waals surface area contributed by atoms with Crippen molar-refractivity contribution in [2.45, 2.75) is 37.8 Å². The predicted molar refractivity (Wildman–Crippen MR) is 96.0 cm³/mol. The van der Waals surface area contributed by atoms with Gasteiger partial charge in [0.2, 0.25) is 0 Å². The van der Waals surface area contributed by atoms with Gasteiger partial charge in [-0.1, -0.05) is 24.3 Å². The van der Waals surface area contributed by atoms with E-state index in [1.165, 1.54) is 25.7 Å². The van der Waals surface area contributed by atoms with Crippen LogP contribution in [0.25, 0.3) is 0 Å². The first-order valence-corrected chi connectivity index (χ1v) is 8.98. The molecule has 4 aliphatic rings. The Morgan fingerprint density at radius 3 is 1.45 bits per heavy atom. The second-order valence-electron chi connectivity index (χ2n) is 6.97. The van der Waals surface area contributed by atoms with Crippen LogP contribution in [0.5, 0.6) is 0 Å². The van der Waals surface area contributed by atoms with Gasteiger partial charge >= 0.3 is 0 Å². The lowest BCUT2D eigenvalue weighted by Crippen LogP contribution is -2.54. The third kappa shape index (κ3) is 2.86. The number of thiocarbonyl (C=S) groups is 2. The third-order valence-electron chi connectivity index (χ3n) is 5.48. The van der Waals surface area contributed by atoms with E-state index in [9.17, 15) is 0 Å². The number of hydrogen-bond donors (Lipinski definition) is 4. The minimum Gasteiger partial charge on any atom is -0.358 e. The molecule has 118 valence electrons. The van der Waals surface area contributed by atoms with Crippen LogP contribution in [0.1, 0.15) is 25.7 Å². The average molecular weight is 335 g/mol. The molecule has 0 amide bonds. The molecular formula is C16H22N4S2. The Morgan fingerprint density at radius 1 is 0.682 bits per heavy atom. The lowest BCUT2D eigenvalue weighted by atomic mass is 10.0. The molecule has 0 radical (unpaired) electrons. The normalized spacial score (nSPS) is 40.0. The molecule has 4 rings (SSSR count). The van der Waals surface area contributed by atoms with Crippen molar-refractivity contribution < 1.29 is 0 Å². The maximum Gasteiger partial charge on any atom is 0.185 e. The van der Waals surface area contributed by atoms with Gasteiger partial charge in [-0.15, -0.1) is 0 Å². The molecule has 4 bridgehead atoms. The Kier molecular flexibility index (Phi) is 3.82. The van der Waals surface area contributed by atoms with Crippen LogP contribution in [0.15, 0.2) is 24.3 Å². The standard InChI is InChI=1S/C16H22N4S2/c21-15(17-13-7-9-1-3-11(13)5-9)19-20-16(22)18-14-8-10-2-4-12(14)6-10/h1-4,9-14H,5-8H2,(H2,17,19,21)(H2,18,20,22)/t9-,10-,11+,12+,13+,14+/m0/s1. The minimum absolute atomic E-state index is 0.467. The number of nitrogens with one attached hydrogen (secondary N) is 4. The molecule has 0 saturated heterocycles. The zero-order valence-corrected chi connectivity index (χ0v) is 14.1. The van der Waals surface area contributed by atoms with Gasteiger partial charge in [-0.2, -0.15) is 0 Å². The van der Waals surface area contributed by atoms with Crippen molar-refractivity contribution in [1.29, 1.82) is 0 Å². The van der Waals surface area contributed by atoms with Crippen LogP contribution in [0.4, 0.5) is 0 Å². The Hall–Kier alpha value is -1.14. The van der Waals surface area contributed by atoms with Gasteiger partial charge in [0.1, 0.15) is 0 Å². The monoisotopic (exact) mass is 334 g/mol. The van der Waals surface area contributed by atoms with E-state index in [2.05, 4.69) is 45.8 Å². The predicted octanol–water partition coefficient (Wildman–Crippen LogP) is 1.76. The highest BCUT2D eigenvalue weighted by Gasteiger charge is 2.36. The van der Waals surface area contributed by atoms with Crippen molar-refractivity contribution in [2.24, 2.45) is 23.7 Å². The smallest absolute Gasteiger partial charge is 0.185 e. The highest BCUT2D eigenvalue weighted by atomic mass is 32.1. The SMILES string of the molecule is S=C(NNC(=S)N[C@@H]1C[C@H]2C=C[C@@H]1C2)N[C@@H]1C[C@H]2C=C[C@@H]1C2. The summed E-state index contributed by atoms with van der Waals surface area (Å²) in [5, 5.41) is 8.04. The summed E-state index contributed by atoms with van der Waals surface area (Å²) in [6.07, 6.45) is 14.2. The lowest BCUT2D eigenvalue weighted by Gasteiger charge is -2.24. The molecule has 0 aromatic carbocycles. The highest BCUT2D eigenvalue weighted by molar-refractivity contribution is 7.80. The topological polar surface area (TPSA) is 48.1 Å². The van der Waals surface area contributed by atoms with E-state index in [-0.39, 0.29) is 0 Å². The Morgan fingerprint density at radius 2 is 1.14 bits per heavy atom. The van der Waals surface area contributed by atoms with Crippen molar-refractivity contribution >= 4 is 34.7 Å². The first-order chi connectivity index (χ1) is 10.7. The van der Waals surface area contributed by atoms with Crippen LogP contribution >= 0.6 is 24.4 Å². The summed E-state index contributed by atoms with van der Waals surface area (Å²) in [6.45, 7) is 0. The van der Waals surface area contributed by atoms with E-state index in [1.807, 2.05) is 0 Å². The van der Waals surface area contributed by atoms with Gasteiger partial charge < -0.3 is 10.6 Å². The van der Waals surface area contributed by atoms with Crippen molar-refractivity contribution in [3.8, 4) is 0 Å². The summed E-state index contributed by atoms with van der Waals surface area (Å²) >= 11 is 10.7. The van der Waals surface area contributed by atoms with E-state index in [4.69, 9.17) is 24.4 Å². The molecule has 2 fully saturated rings. The second-order valence-corrected chi connectivity index (χ2v) is 7.79. The number of fused-ring (bicyclic) bond motifs is 4. The number of allylic oxidation sites excluding steroid dienone is 2. The van der Waals surface area contributed by atoms with Crippen LogP contribution < -0.4 is 21.5 Å². The fraction of sp³-hybridized carbons (Fsp3) is 0.625. The number of rotatable bonds is 2.